The predicted octanol–water partition coefficient (Wildman–Crippen LogP) is 2.37. The van der Waals surface area contributed by atoms with Crippen LogP contribution in [0.3, 0.4) is 0 Å². The van der Waals surface area contributed by atoms with Crippen LogP contribution in [0.2, 0.25) is 0 Å². The van der Waals surface area contributed by atoms with Gasteiger partial charge in [0.2, 0.25) is 0 Å². The SMILES string of the molecule is CCN(C(=O)c1ccc2c(c1)CCCN2)C(C)CC(=O)O. The van der Waals surface area contributed by atoms with Crippen molar-refractivity contribution in [3.63, 3.8) is 0 Å². The van der Waals surface area contributed by atoms with Crippen LogP contribution in [-0.4, -0.2) is 41.0 Å². The van der Waals surface area contributed by atoms with E-state index in [2.05, 4.69) is 5.32 Å². The first-order valence-electron chi connectivity index (χ1n) is 7.42. The number of nitrogens with zero attached hydrogens (tertiary/aromatic N) is 1. The Morgan fingerprint density at radius 2 is 2.19 bits per heavy atom. The molecule has 1 aromatic carbocycles. The molecule has 1 unspecified atom stereocenters. The molecule has 1 aliphatic rings. The maximum atomic E-state index is 12.6. The summed E-state index contributed by atoms with van der Waals surface area (Å²) in [5, 5.41) is 12.2. The molecule has 1 amide bonds. The van der Waals surface area contributed by atoms with E-state index in [-0.39, 0.29) is 18.4 Å². The van der Waals surface area contributed by atoms with Crippen LogP contribution in [0.25, 0.3) is 0 Å². The first-order valence-corrected chi connectivity index (χ1v) is 7.42. The number of carboxylic acids is 1. The Morgan fingerprint density at radius 3 is 2.86 bits per heavy atom. The lowest BCUT2D eigenvalue weighted by atomic mass is 10.00. The quantitative estimate of drug-likeness (QED) is 0.873. The molecule has 21 heavy (non-hydrogen) atoms. The van der Waals surface area contributed by atoms with Gasteiger partial charge in [0.1, 0.15) is 0 Å². The van der Waals surface area contributed by atoms with Crippen molar-refractivity contribution in [3.05, 3.63) is 29.3 Å². The number of anilines is 1. The summed E-state index contributed by atoms with van der Waals surface area (Å²) < 4.78 is 0. The summed E-state index contributed by atoms with van der Waals surface area (Å²) >= 11 is 0. The number of nitrogens with one attached hydrogen (secondary N) is 1. The largest absolute Gasteiger partial charge is 0.481 e. The number of carbonyl (C=O) groups excluding carboxylic acids is 1. The van der Waals surface area contributed by atoms with Crippen molar-refractivity contribution in [2.24, 2.45) is 0 Å². The minimum Gasteiger partial charge on any atom is -0.481 e. The fourth-order valence-electron chi connectivity index (χ4n) is 2.79. The van der Waals surface area contributed by atoms with E-state index in [1.165, 1.54) is 0 Å². The number of carbonyl (C=O) groups is 2. The highest BCUT2D eigenvalue weighted by Crippen LogP contribution is 2.24. The van der Waals surface area contributed by atoms with E-state index in [1.54, 1.807) is 11.8 Å². The topological polar surface area (TPSA) is 69.6 Å². The third-order valence-corrected chi connectivity index (χ3v) is 3.89. The van der Waals surface area contributed by atoms with Crippen molar-refractivity contribution < 1.29 is 14.7 Å². The number of fused-ring (bicyclic) bond motifs is 1. The van der Waals surface area contributed by atoms with E-state index in [4.69, 9.17) is 5.11 Å². The van der Waals surface area contributed by atoms with Crippen LogP contribution in [-0.2, 0) is 11.2 Å². The smallest absolute Gasteiger partial charge is 0.305 e. The zero-order valence-electron chi connectivity index (χ0n) is 12.6. The lowest BCUT2D eigenvalue weighted by molar-refractivity contribution is -0.138. The summed E-state index contributed by atoms with van der Waals surface area (Å²) in [6.07, 6.45) is 2.00. The summed E-state index contributed by atoms with van der Waals surface area (Å²) in [6, 6.07) is 5.38. The van der Waals surface area contributed by atoms with Gasteiger partial charge in [0.15, 0.2) is 0 Å². The van der Waals surface area contributed by atoms with Crippen LogP contribution in [0.15, 0.2) is 18.2 Å². The molecule has 1 aromatic rings. The first-order chi connectivity index (χ1) is 10.0. The number of hydrogen-bond acceptors (Lipinski definition) is 3. The number of aliphatic carboxylic acids is 1. The van der Waals surface area contributed by atoms with E-state index >= 15 is 0 Å². The summed E-state index contributed by atoms with van der Waals surface area (Å²) in [5.74, 6) is -0.983. The number of rotatable bonds is 5. The van der Waals surface area contributed by atoms with Crippen LogP contribution < -0.4 is 5.32 Å². The van der Waals surface area contributed by atoms with Crippen LogP contribution in [0.5, 0.6) is 0 Å². The van der Waals surface area contributed by atoms with Gasteiger partial charge in [0.25, 0.3) is 5.91 Å². The van der Waals surface area contributed by atoms with Gasteiger partial charge in [-0.1, -0.05) is 0 Å². The molecular weight excluding hydrogens is 268 g/mol. The molecule has 0 aromatic heterocycles. The van der Waals surface area contributed by atoms with E-state index in [0.29, 0.717) is 12.1 Å². The maximum Gasteiger partial charge on any atom is 0.305 e. The van der Waals surface area contributed by atoms with Crippen LogP contribution in [0.1, 0.15) is 42.6 Å². The van der Waals surface area contributed by atoms with Crippen LogP contribution in [0.4, 0.5) is 5.69 Å². The van der Waals surface area contributed by atoms with Gasteiger partial charge in [-0.25, -0.2) is 0 Å². The Kier molecular flexibility index (Phi) is 4.83. The summed E-state index contributed by atoms with van der Waals surface area (Å²) in [4.78, 5) is 25.0. The minimum absolute atomic E-state index is 0.0356. The average molecular weight is 290 g/mol. The van der Waals surface area contributed by atoms with Crippen molar-refractivity contribution in [3.8, 4) is 0 Å². The highest BCUT2D eigenvalue weighted by Gasteiger charge is 2.23. The monoisotopic (exact) mass is 290 g/mol. The second-order valence-electron chi connectivity index (χ2n) is 5.44. The summed E-state index contributed by atoms with van der Waals surface area (Å²) in [6.45, 7) is 5.12. The molecule has 0 radical (unpaired) electrons. The normalized spacial score (nSPS) is 14.8. The van der Waals surface area contributed by atoms with Gasteiger partial charge >= 0.3 is 5.97 Å². The third-order valence-electron chi connectivity index (χ3n) is 3.89. The number of benzene rings is 1. The Hall–Kier alpha value is -2.04. The molecule has 5 heteroatoms. The average Bonchev–Trinajstić information content (AvgIpc) is 2.46. The molecule has 0 spiro atoms. The molecule has 0 aliphatic carbocycles. The van der Waals surface area contributed by atoms with Crippen molar-refractivity contribution in [1.82, 2.24) is 4.90 Å². The second kappa shape index (κ2) is 6.61. The minimum atomic E-state index is -0.886. The fraction of sp³-hybridized carbons (Fsp3) is 0.500. The molecule has 114 valence electrons. The Morgan fingerprint density at radius 1 is 1.43 bits per heavy atom. The molecule has 0 fully saturated rings. The highest BCUT2D eigenvalue weighted by atomic mass is 16.4. The molecule has 5 nitrogen and oxygen atoms in total. The molecule has 1 aliphatic heterocycles. The van der Waals surface area contributed by atoms with E-state index in [9.17, 15) is 9.59 Å². The van der Waals surface area contributed by atoms with Gasteiger partial charge < -0.3 is 15.3 Å². The van der Waals surface area contributed by atoms with E-state index in [0.717, 1.165) is 30.6 Å². The van der Waals surface area contributed by atoms with Crippen LogP contribution >= 0.6 is 0 Å². The van der Waals surface area contributed by atoms with Gasteiger partial charge in [0.05, 0.1) is 6.42 Å². The zero-order chi connectivity index (χ0) is 15.4. The molecule has 0 saturated heterocycles. The van der Waals surface area contributed by atoms with E-state index in [1.807, 2.05) is 25.1 Å². The van der Waals surface area contributed by atoms with Crippen molar-refractivity contribution in [2.45, 2.75) is 39.2 Å². The Labute approximate surface area is 125 Å². The molecule has 1 atom stereocenters. The Bertz CT molecular complexity index is 542. The van der Waals surface area contributed by atoms with Gasteiger partial charge in [-0.3, -0.25) is 9.59 Å². The van der Waals surface area contributed by atoms with Crippen molar-refractivity contribution in [1.29, 1.82) is 0 Å². The first kappa shape index (κ1) is 15.4. The third kappa shape index (κ3) is 3.54. The van der Waals surface area contributed by atoms with Gasteiger partial charge in [-0.15, -0.1) is 0 Å². The summed E-state index contributed by atoms with van der Waals surface area (Å²) in [7, 11) is 0. The second-order valence-corrected chi connectivity index (χ2v) is 5.44. The molecule has 2 N–H and O–H groups in total. The zero-order valence-corrected chi connectivity index (χ0v) is 12.6. The standard InChI is InChI=1S/C16H22N2O3/c1-3-18(11(2)9-15(19)20)16(21)13-6-7-14-12(10-13)5-4-8-17-14/h6-7,10-11,17H,3-5,8-9H2,1-2H3,(H,19,20). The maximum absolute atomic E-state index is 12.6. The van der Waals surface area contributed by atoms with Gasteiger partial charge in [0, 0.05) is 30.4 Å². The number of carboxylic acid groups (broad SMARTS) is 1. The van der Waals surface area contributed by atoms with Crippen molar-refractivity contribution >= 4 is 17.6 Å². The predicted molar refractivity (Wildman–Crippen MR) is 81.7 cm³/mol. The van der Waals surface area contributed by atoms with Crippen molar-refractivity contribution in [2.75, 3.05) is 18.4 Å². The van der Waals surface area contributed by atoms with Crippen LogP contribution in [0, 0.1) is 0 Å². The molecule has 0 bridgehead atoms. The fourth-order valence-corrected chi connectivity index (χ4v) is 2.79. The molecule has 1 heterocycles. The number of aryl methyl sites for hydroxylation is 1. The summed E-state index contributed by atoms with van der Waals surface area (Å²) in [5.41, 5.74) is 2.89. The molecule has 2 rings (SSSR count). The molecule has 0 saturated carbocycles. The van der Waals surface area contributed by atoms with Gasteiger partial charge in [-0.05, 0) is 50.5 Å². The molecular formula is C16H22N2O3. The van der Waals surface area contributed by atoms with E-state index < -0.39 is 5.97 Å². The highest BCUT2D eigenvalue weighted by molar-refractivity contribution is 5.95. The number of hydrogen-bond donors (Lipinski definition) is 2. The lowest BCUT2D eigenvalue weighted by Gasteiger charge is -2.28. The Balaban J connectivity index is 2.19. The van der Waals surface area contributed by atoms with Gasteiger partial charge in [-0.2, -0.15) is 0 Å². The lowest BCUT2D eigenvalue weighted by Crippen LogP contribution is -2.39. The number of amides is 1.